The fraction of sp³-hybridized carbons (Fsp3) is 0.308. The maximum atomic E-state index is 11.0. The Hall–Kier alpha value is -1.85. The Morgan fingerprint density at radius 2 is 2.06 bits per heavy atom. The van der Waals surface area contributed by atoms with Crippen LogP contribution in [0.2, 0.25) is 0 Å². The van der Waals surface area contributed by atoms with Crippen molar-refractivity contribution in [3.8, 4) is 0 Å². The summed E-state index contributed by atoms with van der Waals surface area (Å²) in [5.74, 6) is -0.931. The Balaban J connectivity index is 2.39. The lowest BCUT2D eigenvalue weighted by Gasteiger charge is -2.15. The summed E-state index contributed by atoms with van der Waals surface area (Å²) in [5.41, 5.74) is 1.13. The molecule has 1 aromatic carbocycles. The number of hydrogen-bond donors (Lipinski definition) is 1. The first-order valence-electron chi connectivity index (χ1n) is 5.53. The van der Waals surface area contributed by atoms with Crippen LogP contribution in [0.3, 0.4) is 0 Å². The second-order valence-corrected chi connectivity index (χ2v) is 3.95. The van der Waals surface area contributed by atoms with Gasteiger partial charge in [-0.3, -0.25) is 0 Å². The van der Waals surface area contributed by atoms with Crippen molar-refractivity contribution in [3.63, 3.8) is 0 Å². The van der Waals surface area contributed by atoms with Crippen molar-refractivity contribution in [2.75, 3.05) is 14.2 Å². The van der Waals surface area contributed by atoms with Gasteiger partial charge in [0.15, 0.2) is 6.29 Å². The van der Waals surface area contributed by atoms with Gasteiger partial charge in [0, 0.05) is 25.9 Å². The van der Waals surface area contributed by atoms with E-state index in [1.54, 1.807) is 32.4 Å². The minimum absolute atomic E-state index is 0.272. The molecule has 5 heteroatoms. The number of aromatic carboxylic acids is 1. The summed E-state index contributed by atoms with van der Waals surface area (Å²) in [6.45, 7) is 0.513. The second-order valence-electron chi connectivity index (χ2n) is 3.95. The molecule has 18 heavy (non-hydrogen) atoms. The molecule has 0 amide bonds. The lowest BCUT2D eigenvalue weighted by Crippen LogP contribution is -2.20. The SMILES string of the molecule is COC(Cn1ccc2ccc(C(=O)O)cc21)OC. The van der Waals surface area contributed by atoms with Crippen molar-refractivity contribution in [1.29, 1.82) is 0 Å². The van der Waals surface area contributed by atoms with Gasteiger partial charge < -0.3 is 19.1 Å². The van der Waals surface area contributed by atoms with Crippen LogP contribution < -0.4 is 0 Å². The molecule has 1 N–H and O–H groups in total. The monoisotopic (exact) mass is 249 g/mol. The average Bonchev–Trinajstić information content (AvgIpc) is 2.78. The third-order valence-electron chi connectivity index (χ3n) is 2.89. The van der Waals surface area contributed by atoms with Crippen LogP contribution in [-0.2, 0) is 16.0 Å². The number of carboxylic acid groups (broad SMARTS) is 1. The zero-order valence-corrected chi connectivity index (χ0v) is 10.3. The van der Waals surface area contributed by atoms with Crippen LogP contribution in [-0.4, -0.2) is 36.2 Å². The largest absolute Gasteiger partial charge is 0.478 e. The van der Waals surface area contributed by atoms with E-state index in [1.807, 2.05) is 16.8 Å². The highest BCUT2D eigenvalue weighted by Gasteiger charge is 2.10. The normalized spacial score (nSPS) is 11.3. The minimum atomic E-state index is -0.931. The lowest BCUT2D eigenvalue weighted by atomic mass is 10.1. The predicted octanol–water partition coefficient (Wildman–Crippen LogP) is 1.96. The standard InChI is InChI=1S/C13H15NO4/c1-17-12(18-2)8-14-6-5-9-3-4-10(13(15)16)7-11(9)14/h3-7,12H,8H2,1-2H3,(H,15,16). The molecule has 2 aromatic rings. The summed E-state index contributed by atoms with van der Waals surface area (Å²) in [4.78, 5) is 11.0. The molecule has 0 aliphatic rings. The molecule has 0 bridgehead atoms. The summed E-state index contributed by atoms with van der Waals surface area (Å²) in [6, 6.07) is 6.98. The van der Waals surface area contributed by atoms with Crippen LogP contribution in [0.4, 0.5) is 0 Å². The number of aromatic nitrogens is 1. The van der Waals surface area contributed by atoms with Gasteiger partial charge in [-0.2, -0.15) is 0 Å². The van der Waals surface area contributed by atoms with Gasteiger partial charge in [-0.05, 0) is 23.6 Å². The number of nitrogens with zero attached hydrogens (tertiary/aromatic N) is 1. The van der Waals surface area contributed by atoms with Crippen LogP contribution in [0.5, 0.6) is 0 Å². The summed E-state index contributed by atoms with van der Waals surface area (Å²) in [5, 5.41) is 9.98. The first-order valence-corrected chi connectivity index (χ1v) is 5.53. The lowest BCUT2D eigenvalue weighted by molar-refractivity contribution is -0.110. The van der Waals surface area contributed by atoms with Crippen molar-refractivity contribution in [2.24, 2.45) is 0 Å². The molecule has 5 nitrogen and oxygen atoms in total. The summed E-state index contributed by atoms with van der Waals surface area (Å²) >= 11 is 0. The number of benzene rings is 1. The Bertz CT molecular complexity index is 557. The van der Waals surface area contributed by atoms with E-state index < -0.39 is 5.97 Å². The fourth-order valence-corrected chi connectivity index (χ4v) is 1.88. The number of hydrogen-bond acceptors (Lipinski definition) is 3. The van der Waals surface area contributed by atoms with Gasteiger partial charge in [0.25, 0.3) is 0 Å². The van der Waals surface area contributed by atoms with Crippen LogP contribution in [0.15, 0.2) is 30.5 Å². The van der Waals surface area contributed by atoms with Gasteiger partial charge >= 0.3 is 5.97 Å². The van der Waals surface area contributed by atoms with Crippen LogP contribution in [0, 0.1) is 0 Å². The van der Waals surface area contributed by atoms with Crippen molar-refractivity contribution in [3.05, 3.63) is 36.0 Å². The van der Waals surface area contributed by atoms with Gasteiger partial charge in [-0.1, -0.05) is 6.07 Å². The Morgan fingerprint density at radius 1 is 1.33 bits per heavy atom. The van der Waals surface area contributed by atoms with E-state index in [1.165, 1.54) is 0 Å². The van der Waals surface area contributed by atoms with Gasteiger partial charge in [0.2, 0.25) is 0 Å². The smallest absolute Gasteiger partial charge is 0.335 e. The van der Waals surface area contributed by atoms with Crippen molar-refractivity contribution >= 4 is 16.9 Å². The van der Waals surface area contributed by atoms with Crippen molar-refractivity contribution < 1.29 is 19.4 Å². The van der Waals surface area contributed by atoms with E-state index in [2.05, 4.69) is 0 Å². The van der Waals surface area contributed by atoms with Crippen LogP contribution >= 0.6 is 0 Å². The first kappa shape index (κ1) is 12.6. The molecule has 0 fully saturated rings. The van der Waals surface area contributed by atoms with Crippen LogP contribution in [0.25, 0.3) is 10.9 Å². The second kappa shape index (κ2) is 5.20. The molecular formula is C13H15NO4. The topological polar surface area (TPSA) is 60.7 Å². The molecule has 2 rings (SSSR count). The van der Waals surface area contributed by atoms with Crippen molar-refractivity contribution in [1.82, 2.24) is 4.57 Å². The summed E-state index contributed by atoms with van der Waals surface area (Å²) < 4.78 is 12.2. The number of ether oxygens (including phenoxy) is 2. The minimum Gasteiger partial charge on any atom is -0.478 e. The van der Waals surface area contributed by atoms with Gasteiger partial charge in [0.05, 0.1) is 12.1 Å². The molecule has 1 aromatic heterocycles. The average molecular weight is 249 g/mol. The molecule has 0 aliphatic carbocycles. The highest BCUT2D eigenvalue weighted by molar-refractivity contribution is 5.93. The van der Waals surface area contributed by atoms with E-state index in [0.717, 1.165) is 10.9 Å². The molecule has 0 saturated carbocycles. The van der Waals surface area contributed by atoms with Crippen molar-refractivity contribution in [2.45, 2.75) is 12.8 Å². The van der Waals surface area contributed by atoms with E-state index in [4.69, 9.17) is 14.6 Å². The molecule has 0 unspecified atom stereocenters. The number of rotatable bonds is 5. The molecule has 0 atom stereocenters. The number of fused-ring (bicyclic) bond motifs is 1. The molecule has 1 heterocycles. The summed E-state index contributed by atoms with van der Waals surface area (Å²) in [6.07, 6.45) is 1.54. The van der Waals surface area contributed by atoms with E-state index in [9.17, 15) is 4.79 Å². The Kier molecular flexibility index (Phi) is 3.64. The Labute approximate surface area is 105 Å². The molecule has 96 valence electrons. The molecular weight excluding hydrogens is 234 g/mol. The quantitative estimate of drug-likeness (QED) is 0.823. The van der Waals surface area contributed by atoms with E-state index in [-0.39, 0.29) is 11.9 Å². The highest BCUT2D eigenvalue weighted by atomic mass is 16.7. The fourth-order valence-electron chi connectivity index (χ4n) is 1.88. The number of methoxy groups -OCH3 is 2. The van der Waals surface area contributed by atoms with E-state index >= 15 is 0 Å². The zero-order valence-electron chi connectivity index (χ0n) is 10.3. The third kappa shape index (κ3) is 2.37. The van der Waals surface area contributed by atoms with Gasteiger partial charge in [-0.15, -0.1) is 0 Å². The molecule has 0 aliphatic heterocycles. The highest BCUT2D eigenvalue weighted by Crippen LogP contribution is 2.18. The number of carbonyl (C=O) groups is 1. The molecule has 0 radical (unpaired) electrons. The summed E-state index contributed by atoms with van der Waals surface area (Å²) in [7, 11) is 3.14. The molecule has 0 saturated heterocycles. The van der Waals surface area contributed by atoms with E-state index in [0.29, 0.717) is 6.54 Å². The number of carboxylic acids is 1. The van der Waals surface area contributed by atoms with Gasteiger partial charge in [-0.25, -0.2) is 4.79 Å². The predicted molar refractivity (Wildman–Crippen MR) is 66.7 cm³/mol. The third-order valence-corrected chi connectivity index (χ3v) is 2.89. The van der Waals surface area contributed by atoms with Crippen LogP contribution in [0.1, 0.15) is 10.4 Å². The Morgan fingerprint density at radius 3 is 2.67 bits per heavy atom. The first-order chi connectivity index (χ1) is 8.65. The molecule has 0 spiro atoms. The zero-order chi connectivity index (χ0) is 13.1. The maximum Gasteiger partial charge on any atom is 0.335 e. The maximum absolute atomic E-state index is 11.0. The van der Waals surface area contributed by atoms with Gasteiger partial charge in [0.1, 0.15) is 0 Å².